The van der Waals surface area contributed by atoms with Gasteiger partial charge in [-0.25, -0.2) is 4.79 Å². The number of hydrogen-bond donors (Lipinski definition) is 3. The van der Waals surface area contributed by atoms with E-state index in [1.54, 1.807) is 0 Å². The van der Waals surface area contributed by atoms with Crippen LogP contribution >= 0.6 is 0 Å². The van der Waals surface area contributed by atoms with Crippen molar-refractivity contribution in [3.8, 4) is 11.1 Å². The molecule has 35 heavy (non-hydrogen) atoms. The lowest BCUT2D eigenvalue weighted by molar-refractivity contribution is -0.137. The average Bonchev–Trinajstić information content (AvgIpc) is 3.35. The molecule has 5 unspecified atom stereocenters. The summed E-state index contributed by atoms with van der Waals surface area (Å²) in [6.07, 6.45) is 2.51. The van der Waals surface area contributed by atoms with Crippen LogP contribution in [0.4, 0.5) is 4.79 Å². The Morgan fingerprint density at radius 1 is 1.00 bits per heavy atom. The second kappa shape index (κ2) is 9.72. The van der Waals surface area contributed by atoms with Gasteiger partial charge in [-0.05, 0) is 66.7 Å². The van der Waals surface area contributed by atoms with Crippen LogP contribution in [-0.2, 0) is 14.3 Å². The molecule has 5 rings (SSSR count). The fourth-order valence-corrected chi connectivity index (χ4v) is 6.17. The summed E-state index contributed by atoms with van der Waals surface area (Å²) in [5.74, 6) is -0.166. The van der Waals surface area contributed by atoms with Crippen molar-refractivity contribution in [3.05, 3.63) is 59.7 Å². The number of rotatable bonds is 8. The molecule has 0 radical (unpaired) electrons. The molecule has 2 aromatic rings. The van der Waals surface area contributed by atoms with Gasteiger partial charge in [0, 0.05) is 30.3 Å². The highest BCUT2D eigenvalue weighted by molar-refractivity contribution is 5.80. The Balaban J connectivity index is 1.11. The van der Waals surface area contributed by atoms with E-state index in [0.717, 1.165) is 19.3 Å². The van der Waals surface area contributed by atoms with Crippen molar-refractivity contribution < 1.29 is 24.2 Å². The summed E-state index contributed by atoms with van der Waals surface area (Å²) in [7, 11) is 0. The zero-order chi connectivity index (χ0) is 24.5. The number of alkyl carbamates (subject to hydrolysis) is 1. The van der Waals surface area contributed by atoms with Gasteiger partial charge in [0.15, 0.2) is 0 Å². The molecule has 0 heterocycles. The number of carboxylic acids is 1. The lowest BCUT2D eigenvalue weighted by Gasteiger charge is -2.40. The molecular weight excluding hydrogens is 444 g/mol. The van der Waals surface area contributed by atoms with Crippen LogP contribution in [0.25, 0.3) is 11.1 Å². The molecule has 3 aliphatic rings. The van der Waals surface area contributed by atoms with Crippen molar-refractivity contribution in [2.75, 3.05) is 6.61 Å². The van der Waals surface area contributed by atoms with Crippen molar-refractivity contribution in [1.82, 2.24) is 10.6 Å². The third kappa shape index (κ3) is 4.77. The van der Waals surface area contributed by atoms with Crippen LogP contribution in [-0.4, -0.2) is 41.8 Å². The Bertz CT molecular complexity index is 1090. The fourth-order valence-electron chi connectivity index (χ4n) is 6.17. The van der Waals surface area contributed by atoms with E-state index in [4.69, 9.17) is 9.84 Å². The van der Waals surface area contributed by atoms with Crippen molar-refractivity contribution in [3.63, 3.8) is 0 Å². The molecule has 2 saturated carbocycles. The maximum atomic E-state index is 12.6. The number of fused-ring (bicyclic) bond motifs is 4. The number of amides is 2. The summed E-state index contributed by atoms with van der Waals surface area (Å²) in [6, 6.07) is 16.4. The van der Waals surface area contributed by atoms with Crippen molar-refractivity contribution in [1.29, 1.82) is 0 Å². The minimum atomic E-state index is -0.854. The first kappa shape index (κ1) is 23.4. The number of hydrogen-bond acceptors (Lipinski definition) is 4. The second-order valence-electron chi connectivity index (χ2n) is 10.2. The first-order valence-corrected chi connectivity index (χ1v) is 12.5. The summed E-state index contributed by atoms with van der Waals surface area (Å²) in [6.45, 7) is 2.13. The molecule has 2 aromatic carbocycles. The molecule has 5 atom stereocenters. The van der Waals surface area contributed by atoms with Crippen molar-refractivity contribution in [2.24, 2.45) is 17.8 Å². The summed E-state index contributed by atoms with van der Waals surface area (Å²) in [5, 5.41) is 14.8. The van der Waals surface area contributed by atoms with Crippen LogP contribution in [0, 0.1) is 17.8 Å². The molecule has 7 nitrogen and oxygen atoms in total. The van der Waals surface area contributed by atoms with Crippen LogP contribution in [0.2, 0.25) is 0 Å². The lowest BCUT2D eigenvalue weighted by atomic mass is 9.71. The third-order valence-electron chi connectivity index (χ3n) is 8.02. The van der Waals surface area contributed by atoms with Gasteiger partial charge >= 0.3 is 12.1 Å². The van der Waals surface area contributed by atoms with Gasteiger partial charge in [-0.15, -0.1) is 0 Å². The summed E-state index contributed by atoms with van der Waals surface area (Å²) >= 11 is 0. The number of carboxylic acid groups (broad SMARTS) is 1. The number of benzene rings is 2. The van der Waals surface area contributed by atoms with Gasteiger partial charge in [-0.3, -0.25) is 9.59 Å². The molecule has 3 aliphatic carbocycles. The second-order valence-corrected chi connectivity index (χ2v) is 10.2. The smallest absolute Gasteiger partial charge is 0.407 e. The van der Waals surface area contributed by atoms with Crippen LogP contribution < -0.4 is 10.6 Å². The van der Waals surface area contributed by atoms with Gasteiger partial charge in [0.25, 0.3) is 0 Å². The Hall–Kier alpha value is -3.35. The summed E-state index contributed by atoms with van der Waals surface area (Å²) in [4.78, 5) is 36.0. The third-order valence-corrected chi connectivity index (χ3v) is 8.02. The molecule has 2 fully saturated rings. The number of ether oxygens (including phenoxy) is 1. The van der Waals surface area contributed by atoms with E-state index in [2.05, 4.69) is 34.9 Å². The normalized spacial score (nSPS) is 24.9. The molecule has 2 amide bonds. The molecule has 0 saturated heterocycles. The molecule has 184 valence electrons. The quantitative estimate of drug-likeness (QED) is 0.527. The van der Waals surface area contributed by atoms with E-state index in [0.29, 0.717) is 24.9 Å². The largest absolute Gasteiger partial charge is 0.481 e. The first-order chi connectivity index (χ1) is 16.9. The average molecular weight is 477 g/mol. The van der Waals surface area contributed by atoms with Gasteiger partial charge < -0.3 is 20.5 Å². The Labute approximate surface area is 205 Å². The van der Waals surface area contributed by atoms with Crippen LogP contribution in [0.5, 0.6) is 0 Å². The van der Waals surface area contributed by atoms with Gasteiger partial charge in [-0.2, -0.15) is 0 Å². The molecule has 0 spiro atoms. The Morgan fingerprint density at radius 3 is 2.31 bits per heavy atom. The summed E-state index contributed by atoms with van der Waals surface area (Å²) < 4.78 is 5.69. The lowest BCUT2D eigenvalue weighted by Crippen LogP contribution is -2.50. The molecule has 3 N–H and O–H groups in total. The van der Waals surface area contributed by atoms with Gasteiger partial charge in [-0.1, -0.05) is 48.5 Å². The first-order valence-electron chi connectivity index (χ1n) is 12.5. The van der Waals surface area contributed by atoms with Crippen LogP contribution in [0.1, 0.15) is 56.1 Å². The number of nitrogens with one attached hydrogen (secondary N) is 2. The molecule has 0 aliphatic heterocycles. The predicted octanol–water partition coefficient (Wildman–Crippen LogP) is 4.31. The van der Waals surface area contributed by atoms with Gasteiger partial charge in [0.05, 0.1) is 0 Å². The number of carbonyl (C=O) groups is 3. The molecule has 0 aromatic heterocycles. The summed E-state index contributed by atoms with van der Waals surface area (Å²) in [5.41, 5.74) is 4.78. The fraction of sp³-hybridized carbons (Fsp3) is 0.464. The van der Waals surface area contributed by atoms with E-state index in [1.165, 1.54) is 22.3 Å². The Morgan fingerprint density at radius 2 is 1.66 bits per heavy atom. The van der Waals surface area contributed by atoms with Crippen LogP contribution in [0.3, 0.4) is 0 Å². The number of carbonyl (C=O) groups excluding carboxylic acids is 2. The molecule has 0 bridgehead atoms. The Kier molecular flexibility index (Phi) is 6.50. The maximum Gasteiger partial charge on any atom is 0.407 e. The van der Waals surface area contributed by atoms with Crippen molar-refractivity contribution >= 4 is 18.0 Å². The van der Waals surface area contributed by atoms with Crippen LogP contribution in [0.15, 0.2) is 48.5 Å². The maximum absolute atomic E-state index is 12.6. The van der Waals surface area contributed by atoms with Gasteiger partial charge in [0.1, 0.15) is 6.61 Å². The highest BCUT2D eigenvalue weighted by atomic mass is 16.5. The topological polar surface area (TPSA) is 105 Å². The van der Waals surface area contributed by atoms with E-state index >= 15 is 0 Å². The van der Waals surface area contributed by atoms with Gasteiger partial charge in [0.2, 0.25) is 5.91 Å². The minimum absolute atomic E-state index is 0.00261. The SMILES string of the molecule is CC(CCC(=O)O)NC(=O)C1CC2CC(NC(=O)OCC3c4ccccc4-c4ccccc43)C2C1. The highest BCUT2D eigenvalue weighted by Crippen LogP contribution is 2.50. The monoisotopic (exact) mass is 476 g/mol. The highest BCUT2D eigenvalue weighted by Gasteiger charge is 2.50. The predicted molar refractivity (Wildman–Crippen MR) is 131 cm³/mol. The standard InChI is InChI=1S/C28H32N2O5/c1-16(10-11-26(31)32)29-27(33)18-12-17-14-25(23(17)13-18)30-28(34)35-15-24-21-8-4-2-6-19(21)20-7-3-5-9-22(20)24/h2-9,16-18,23-25H,10-15H2,1H3,(H,29,33)(H,30,34)(H,31,32). The van der Waals surface area contributed by atoms with E-state index < -0.39 is 12.1 Å². The zero-order valence-electron chi connectivity index (χ0n) is 19.9. The minimum Gasteiger partial charge on any atom is -0.481 e. The number of aliphatic carboxylic acids is 1. The van der Waals surface area contributed by atoms with E-state index in [9.17, 15) is 14.4 Å². The van der Waals surface area contributed by atoms with E-state index in [1.807, 2.05) is 31.2 Å². The molecule has 7 heteroatoms. The zero-order valence-corrected chi connectivity index (χ0v) is 19.9. The molecular formula is C28H32N2O5. The van der Waals surface area contributed by atoms with Crippen molar-refractivity contribution in [2.45, 2.75) is 57.0 Å². The van der Waals surface area contributed by atoms with E-state index in [-0.39, 0.29) is 36.2 Å².